The van der Waals surface area contributed by atoms with Crippen LogP contribution in [0.25, 0.3) is 0 Å². The molecule has 2 N–H and O–H groups in total. The van der Waals surface area contributed by atoms with Gasteiger partial charge in [0.2, 0.25) is 6.41 Å². The summed E-state index contributed by atoms with van der Waals surface area (Å²) in [6.07, 6.45) is 12.8. The predicted molar refractivity (Wildman–Crippen MR) is 221 cm³/mol. The van der Waals surface area contributed by atoms with Gasteiger partial charge < -0.3 is 43.5 Å². The van der Waals surface area contributed by atoms with Crippen molar-refractivity contribution in [2.24, 2.45) is 35.5 Å². The van der Waals surface area contributed by atoms with E-state index in [2.05, 4.69) is 13.0 Å². The smallest absolute Gasteiger partial charge is 0.331 e. The first-order chi connectivity index (χ1) is 27.0. The van der Waals surface area contributed by atoms with Gasteiger partial charge in [0, 0.05) is 103 Å². The Morgan fingerprint density at radius 3 is 2.21 bits per heavy atom. The van der Waals surface area contributed by atoms with E-state index in [-0.39, 0.29) is 66.4 Å². The van der Waals surface area contributed by atoms with Crippen molar-refractivity contribution < 1.29 is 53.0 Å². The standard InChI is InChI=1S/C45H75NO11/c1-28-16-19-35(48)24-36-14-13-15-37(56-36)25-39(52-9)32(5)40(53-10)26-41(54-11)33(6)45(57-42(50)21-17-28)34(7)43(51)29(2)18-20-38(49)31(4)44(55-12)30(3)22-23-46(8)27-47/h13-14,16-17,21-23,27,29-37,39-41,43-45,48,51H,15,18-20,24-26H2,1-12H3/b21-17+,23-22+,28-16+/t29-,30+,31-,32+,33-,34-,35-,36-,37-,39-,40-,41+,43-,44+,45-/m0/s1. The SMILES string of the molecule is CO[C@H]([C@H](C)/C=C/N(C)C=O)[C@@H](C)C(=O)CC[C@H](C)[C@H](O)[C@H](C)[C@H]1OC(=O)/C=C/C(C)=C/C[C@H](O)C[C@@H]2C=CC[C@@H](C[C@H](OC)[C@@H](C)[C@@H](OC)C[C@@H](OC)[C@@H]1C)O2. The third-order valence-corrected chi connectivity index (χ3v) is 12.3. The molecule has 0 fully saturated rings. The van der Waals surface area contributed by atoms with Crippen LogP contribution in [0.5, 0.6) is 0 Å². The minimum atomic E-state index is -0.911. The number of ether oxygens (including phenoxy) is 6. The van der Waals surface area contributed by atoms with Crippen LogP contribution in [0.4, 0.5) is 0 Å². The van der Waals surface area contributed by atoms with Crippen LogP contribution < -0.4 is 0 Å². The highest BCUT2D eigenvalue weighted by atomic mass is 16.5. The lowest BCUT2D eigenvalue weighted by molar-refractivity contribution is -0.159. The van der Waals surface area contributed by atoms with Crippen LogP contribution in [-0.2, 0) is 42.8 Å². The first-order valence-electron chi connectivity index (χ1n) is 20.7. The summed E-state index contributed by atoms with van der Waals surface area (Å²) in [5.41, 5.74) is 0.799. The highest BCUT2D eigenvalue weighted by Crippen LogP contribution is 2.34. The molecule has 15 atom stereocenters. The maximum atomic E-state index is 13.5. The molecule has 57 heavy (non-hydrogen) atoms. The number of esters is 1. The third kappa shape index (κ3) is 16.1. The number of hydrogen-bond donors (Lipinski definition) is 2. The fraction of sp³-hybridized carbons (Fsp3) is 0.756. The van der Waals surface area contributed by atoms with Crippen molar-refractivity contribution in [2.75, 3.05) is 35.5 Å². The number of Topliss-reactive ketones (excluding diaryl/α,β-unsaturated/α-hetero) is 1. The largest absolute Gasteiger partial charge is 0.458 e. The van der Waals surface area contributed by atoms with E-state index in [1.54, 1.807) is 47.8 Å². The molecule has 0 aromatic rings. The topological polar surface area (TPSA) is 150 Å². The van der Waals surface area contributed by atoms with Crippen LogP contribution in [0, 0.1) is 35.5 Å². The minimum absolute atomic E-state index is 0.0147. The number of aliphatic hydroxyl groups excluding tert-OH is 2. The molecule has 0 unspecified atom stereocenters. The number of carbonyl (C=O) groups is 3. The number of nitrogens with zero attached hydrogens (tertiary/aromatic N) is 1. The number of allylic oxidation sites excluding steroid dienone is 2. The van der Waals surface area contributed by atoms with E-state index in [0.717, 1.165) is 12.0 Å². The molecule has 0 aromatic carbocycles. The first kappa shape index (κ1) is 50.4. The lowest BCUT2D eigenvalue weighted by Gasteiger charge is -2.39. The van der Waals surface area contributed by atoms with Gasteiger partial charge in [0.05, 0.1) is 48.8 Å². The average Bonchev–Trinajstić information content (AvgIpc) is 3.20. The van der Waals surface area contributed by atoms with Crippen LogP contribution in [0.3, 0.4) is 0 Å². The van der Waals surface area contributed by atoms with Gasteiger partial charge in [-0.1, -0.05) is 77.5 Å². The van der Waals surface area contributed by atoms with Crippen molar-refractivity contribution in [1.82, 2.24) is 4.90 Å². The normalized spacial score (nSPS) is 33.1. The molecule has 1 amide bonds. The molecule has 2 rings (SSSR count). The molecule has 0 radical (unpaired) electrons. The Balaban J connectivity index is 2.36. The van der Waals surface area contributed by atoms with E-state index >= 15 is 0 Å². The molecule has 0 spiro atoms. The lowest BCUT2D eigenvalue weighted by Crippen LogP contribution is -2.46. The summed E-state index contributed by atoms with van der Waals surface area (Å²) in [5, 5.41) is 22.7. The number of amides is 1. The summed E-state index contributed by atoms with van der Waals surface area (Å²) < 4.78 is 36.5. The Hall–Kier alpha value is -2.71. The summed E-state index contributed by atoms with van der Waals surface area (Å²) in [6, 6.07) is 0. The predicted octanol–water partition coefficient (Wildman–Crippen LogP) is 6.24. The van der Waals surface area contributed by atoms with Gasteiger partial charge in [0.1, 0.15) is 11.9 Å². The number of methoxy groups -OCH3 is 4. The number of fused-ring (bicyclic) bond motifs is 2. The molecule has 12 nitrogen and oxygen atoms in total. The van der Waals surface area contributed by atoms with Gasteiger partial charge in [-0.05, 0) is 32.1 Å². The summed E-state index contributed by atoms with van der Waals surface area (Å²) in [7, 11) is 8.22. The summed E-state index contributed by atoms with van der Waals surface area (Å²) >= 11 is 0. The highest BCUT2D eigenvalue weighted by molar-refractivity contribution is 5.82. The molecule has 0 aromatic heterocycles. The number of rotatable bonds is 16. The fourth-order valence-corrected chi connectivity index (χ4v) is 8.31. The van der Waals surface area contributed by atoms with Gasteiger partial charge in [-0.3, -0.25) is 9.59 Å². The van der Waals surface area contributed by atoms with Crippen molar-refractivity contribution in [1.29, 1.82) is 0 Å². The van der Waals surface area contributed by atoms with Crippen LogP contribution in [-0.4, -0.2) is 124 Å². The van der Waals surface area contributed by atoms with Gasteiger partial charge in [-0.2, -0.15) is 0 Å². The summed E-state index contributed by atoms with van der Waals surface area (Å²) in [5.74, 6) is -2.33. The van der Waals surface area contributed by atoms with Crippen LogP contribution in [0.15, 0.2) is 48.2 Å². The van der Waals surface area contributed by atoms with E-state index in [9.17, 15) is 24.6 Å². The minimum Gasteiger partial charge on any atom is -0.458 e. The Bertz CT molecular complexity index is 1330. The first-order valence-corrected chi connectivity index (χ1v) is 20.7. The van der Waals surface area contributed by atoms with E-state index < -0.39 is 42.2 Å². The van der Waals surface area contributed by atoms with Gasteiger partial charge in [0.25, 0.3) is 0 Å². The Kier molecular flexibility index (Phi) is 22.7. The Labute approximate surface area is 343 Å². The Morgan fingerprint density at radius 1 is 0.965 bits per heavy atom. The second-order valence-electron chi connectivity index (χ2n) is 16.6. The van der Waals surface area contributed by atoms with Gasteiger partial charge in [-0.15, -0.1) is 0 Å². The molecule has 2 aliphatic heterocycles. The third-order valence-electron chi connectivity index (χ3n) is 12.3. The van der Waals surface area contributed by atoms with Crippen LogP contribution in [0.2, 0.25) is 0 Å². The van der Waals surface area contributed by atoms with Gasteiger partial charge in [0.15, 0.2) is 0 Å². The number of hydrogen-bond acceptors (Lipinski definition) is 11. The summed E-state index contributed by atoms with van der Waals surface area (Å²) in [4.78, 5) is 39.3. The zero-order chi connectivity index (χ0) is 42.8. The number of ketones is 1. The van der Waals surface area contributed by atoms with Crippen molar-refractivity contribution >= 4 is 18.2 Å². The monoisotopic (exact) mass is 806 g/mol. The maximum Gasteiger partial charge on any atom is 0.331 e. The molecule has 2 heterocycles. The van der Waals surface area contributed by atoms with Crippen LogP contribution >= 0.6 is 0 Å². The fourth-order valence-electron chi connectivity index (χ4n) is 8.31. The van der Waals surface area contributed by atoms with E-state index in [1.165, 1.54) is 11.0 Å². The molecule has 0 aliphatic carbocycles. The number of cyclic esters (lactones) is 1. The zero-order valence-electron chi connectivity index (χ0n) is 36.7. The zero-order valence-corrected chi connectivity index (χ0v) is 36.7. The van der Waals surface area contributed by atoms with Crippen molar-refractivity contribution in [3.63, 3.8) is 0 Å². The van der Waals surface area contributed by atoms with Crippen molar-refractivity contribution in [2.45, 2.75) is 148 Å². The molecular formula is C45H75NO11. The Morgan fingerprint density at radius 2 is 1.60 bits per heavy atom. The number of carbonyl (C=O) groups excluding carboxylic acids is 3. The molecular weight excluding hydrogens is 730 g/mol. The van der Waals surface area contributed by atoms with Crippen LogP contribution in [0.1, 0.15) is 93.4 Å². The summed E-state index contributed by atoms with van der Waals surface area (Å²) in [6.45, 7) is 13.5. The van der Waals surface area contributed by atoms with Gasteiger partial charge >= 0.3 is 5.97 Å². The molecule has 326 valence electrons. The van der Waals surface area contributed by atoms with E-state index in [1.807, 2.05) is 59.8 Å². The van der Waals surface area contributed by atoms with E-state index in [0.29, 0.717) is 38.5 Å². The molecule has 0 saturated heterocycles. The molecule has 12 heteroatoms. The maximum absolute atomic E-state index is 13.5. The van der Waals surface area contributed by atoms with Gasteiger partial charge in [-0.25, -0.2) is 4.79 Å². The van der Waals surface area contributed by atoms with Crippen molar-refractivity contribution in [3.05, 3.63) is 48.2 Å². The lowest BCUT2D eigenvalue weighted by atomic mass is 9.78. The second kappa shape index (κ2) is 25.7. The highest BCUT2D eigenvalue weighted by Gasteiger charge is 2.40. The molecule has 2 aliphatic rings. The average molecular weight is 806 g/mol. The van der Waals surface area contributed by atoms with Crippen molar-refractivity contribution in [3.8, 4) is 0 Å². The second-order valence-corrected chi connectivity index (χ2v) is 16.6. The number of aliphatic hydroxyl groups is 2. The molecule has 2 bridgehead atoms. The quantitative estimate of drug-likeness (QED) is 0.104. The molecule has 0 saturated carbocycles. The van der Waals surface area contributed by atoms with E-state index in [4.69, 9.17) is 28.4 Å².